The Balaban J connectivity index is 1.15. The fourth-order valence-electron chi connectivity index (χ4n) is 5.29. The van der Waals surface area contributed by atoms with Crippen molar-refractivity contribution < 1.29 is 14.5 Å². The number of nitrogens with zero attached hydrogens (tertiary/aromatic N) is 2. The maximum atomic E-state index is 13.1. The second-order valence-corrected chi connectivity index (χ2v) is 11.6. The predicted octanol–water partition coefficient (Wildman–Crippen LogP) is 3.86. The molecule has 6 nitrogen and oxygen atoms in total. The molecule has 1 saturated heterocycles. The summed E-state index contributed by atoms with van der Waals surface area (Å²) >= 11 is 1.46. The third-order valence-electron chi connectivity index (χ3n) is 7.81. The Hall–Kier alpha value is -3.55. The average Bonchev–Trinajstić information content (AvgIpc) is 2.93. The topological polar surface area (TPSA) is 57.1 Å². The number of hydrogen-bond acceptors (Lipinski definition) is 4. The molecule has 2 heterocycles. The van der Waals surface area contributed by atoms with E-state index in [9.17, 15) is 9.59 Å². The first-order chi connectivity index (χ1) is 18.8. The second kappa shape index (κ2) is 11.7. The van der Waals surface area contributed by atoms with Crippen LogP contribution in [-0.2, 0) is 4.79 Å². The molecular formula is C32H37N4O2S+. The zero-order chi connectivity index (χ0) is 27.5. The van der Waals surface area contributed by atoms with Gasteiger partial charge in [0, 0.05) is 23.2 Å². The van der Waals surface area contributed by atoms with Crippen LogP contribution in [0.15, 0.2) is 70.5 Å². The van der Waals surface area contributed by atoms with Crippen molar-refractivity contribution in [3.8, 4) is 0 Å². The minimum Gasteiger partial charge on any atom is -0.360 e. The lowest BCUT2D eigenvalue weighted by atomic mass is 10.1. The molecule has 0 unspecified atom stereocenters. The molecule has 0 spiro atoms. The summed E-state index contributed by atoms with van der Waals surface area (Å²) in [5, 5.41) is 3.09. The number of benzene rings is 3. The van der Waals surface area contributed by atoms with E-state index in [2.05, 4.69) is 48.3 Å². The quantitative estimate of drug-likeness (QED) is 0.466. The van der Waals surface area contributed by atoms with Crippen LogP contribution in [-0.4, -0.2) is 58.1 Å². The van der Waals surface area contributed by atoms with Crippen molar-refractivity contribution >= 4 is 41.0 Å². The number of aryl methyl sites for hydroxylation is 2. The van der Waals surface area contributed by atoms with Crippen LogP contribution in [0.3, 0.4) is 0 Å². The second-order valence-electron chi connectivity index (χ2n) is 10.5. The number of anilines is 2. The molecule has 0 atom stereocenters. The van der Waals surface area contributed by atoms with Crippen LogP contribution in [0.2, 0.25) is 0 Å². The van der Waals surface area contributed by atoms with Crippen LogP contribution in [0.25, 0.3) is 6.08 Å². The van der Waals surface area contributed by atoms with Crippen LogP contribution in [0, 0.1) is 20.8 Å². The van der Waals surface area contributed by atoms with Gasteiger partial charge in [-0.2, -0.15) is 0 Å². The maximum Gasteiger partial charge on any atom is 0.264 e. The van der Waals surface area contributed by atoms with Gasteiger partial charge in [0.25, 0.3) is 11.8 Å². The molecule has 2 N–H and O–H groups in total. The molecule has 3 aromatic rings. The number of quaternary nitrogens is 1. The maximum absolute atomic E-state index is 13.1. The number of amides is 2. The third kappa shape index (κ3) is 6.05. The van der Waals surface area contributed by atoms with Gasteiger partial charge in [-0.3, -0.25) is 9.59 Å². The Bertz CT molecular complexity index is 1430. The largest absolute Gasteiger partial charge is 0.360 e. The Kier molecular flexibility index (Phi) is 8.10. The summed E-state index contributed by atoms with van der Waals surface area (Å²) in [5.41, 5.74) is 7.55. The number of carbonyl (C=O) groups excluding carboxylic acids is 2. The number of piperazine rings is 1. The highest BCUT2D eigenvalue weighted by Gasteiger charge is 2.27. The number of nitrogens with one attached hydrogen (secondary N) is 2. The molecular weight excluding hydrogens is 504 g/mol. The SMILES string of the molecule is Cc1cccc(C=C2Sc3ccc(C(=O)NCC[NH+]4CCN(c5cccc(C)c5C)CC4)cc3N(C)C2=O)c1. The van der Waals surface area contributed by atoms with E-state index in [0.29, 0.717) is 17.0 Å². The van der Waals surface area contributed by atoms with Gasteiger partial charge in [0.05, 0.1) is 49.9 Å². The molecule has 0 radical (unpaired) electrons. The van der Waals surface area contributed by atoms with Gasteiger partial charge in [-0.05, 0) is 67.8 Å². The molecule has 5 rings (SSSR count). The van der Waals surface area contributed by atoms with Crippen molar-refractivity contribution in [2.24, 2.45) is 0 Å². The molecule has 0 aromatic heterocycles. The van der Waals surface area contributed by atoms with Gasteiger partial charge in [-0.1, -0.05) is 53.7 Å². The zero-order valence-electron chi connectivity index (χ0n) is 23.2. The van der Waals surface area contributed by atoms with Gasteiger partial charge in [0.2, 0.25) is 0 Å². The van der Waals surface area contributed by atoms with Crippen molar-refractivity contribution in [3.05, 3.63) is 93.4 Å². The smallest absolute Gasteiger partial charge is 0.264 e. The minimum atomic E-state index is -0.0989. The summed E-state index contributed by atoms with van der Waals surface area (Å²) in [4.78, 5) is 33.3. The highest BCUT2D eigenvalue weighted by molar-refractivity contribution is 8.04. The fraction of sp³-hybridized carbons (Fsp3) is 0.312. The minimum absolute atomic E-state index is 0.0600. The lowest BCUT2D eigenvalue weighted by Gasteiger charge is -2.34. The Morgan fingerprint density at radius 1 is 1.00 bits per heavy atom. The molecule has 0 saturated carbocycles. The van der Waals surface area contributed by atoms with E-state index in [1.54, 1.807) is 11.9 Å². The lowest BCUT2D eigenvalue weighted by molar-refractivity contribution is -0.899. The van der Waals surface area contributed by atoms with E-state index in [4.69, 9.17) is 0 Å². The number of carbonyl (C=O) groups is 2. The van der Waals surface area contributed by atoms with Gasteiger partial charge in [0.15, 0.2) is 0 Å². The number of rotatable bonds is 6. The van der Waals surface area contributed by atoms with Crippen LogP contribution in [0.5, 0.6) is 0 Å². The number of likely N-dealkylation sites (N-methyl/N-ethyl adjacent to an activating group) is 1. The van der Waals surface area contributed by atoms with Crippen LogP contribution in [0.1, 0.15) is 32.6 Å². The molecule has 7 heteroatoms. The van der Waals surface area contributed by atoms with Crippen LogP contribution >= 0.6 is 11.8 Å². The van der Waals surface area contributed by atoms with Crippen molar-refractivity contribution in [2.45, 2.75) is 25.7 Å². The Morgan fingerprint density at radius 3 is 2.54 bits per heavy atom. The van der Waals surface area contributed by atoms with Crippen molar-refractivity contribution in [2.75, 3.05) is 56.1 Å². The lowest BCUT2D eigenvalue weighted by Crippen LogP contribution is -3.15. The van der Waals surface area contributed by atoms with Gasteiger partial charge in [0.1, 0.15) is 0 Å². The summed E-state index contributed by atoms with van der Waals surface area (Å²) in [6.07, 6.45) is 1.93. The van der Waals surface area contributed by atoms with E-state index < -0.39 is 0 Å². The van der Waals surface area contributed by atoms with Crippen LogP contribution in [0.4, 0.5) is 11.4 Å². The number of hydrogen-bond donors (Lipinski definition) is 2. The first-order valence-corrected chi connectivity index (χ1v) is 14.4. The molecule has 39 heavy (non-hydrogen) atoms. The van der Waals surface area contributed by atoms with Crippen molar-refractivity contribution in [1.29, 1.82) is 0 Å². The van der Waals surface area contributed by atoms with Crippen molar-refractivity contribution in [3.63, 3.8) is 0 Å². The van der Waals surface area contributed by atoms with E-state index >= 15 is 0 Å². The summed E-state index contributed by atoms with van der Waals surface area (Å²) in [6, 6.07) is 20.3. The highest BCUT2D eigenvalue weighted by Crippen LogP contribution is 2.42. The standard InChI is InChI=1S/C32H36N4O2S/c1-22-7-5-9-25(19-22)20-30-32(38)34(4)28-21-26(11-12-29(28)39-30)31(37)33-13-14-35-15-17-36(18-16-35)27-10-6-8-23(2)24(27)3/h5-12,19-21H,13-18H2,1-4H3,(H,33,37)/p+1. The highest BCUT2D eigenvalue weighted by atomic mass is 32.2. The molecule has 3 aromatic carbocycles. The Morgan fingerprint density at radius 2 is 1.77 bits per heavy atom. The van der Waals surface area contributed by atoms with E-state index in [0.717, 1.165) is 54.4 Å². The summed E-state index contributed by atoms with van der Waals surface area (Å²) in [5.74, 6) is -0.159. The normalized spacial score (nSPS) is 16.9. The first-order valence-electron chi connectivity index (χ1n) is 13.6. The number of thioether (sulfide) groups is 1. The molecule has 1 fully saturated rings. The molecule has 0 aliphatic carbocycles. The van der Waals surface area contributed by atoms with Gasteiger partial charge >= 0.3 is 0 Å². The number of fused-ring (bicyclic) bond motifs is 1. The van der Waals surface area contributed by atoms with E-state index in [1.165, 1.54) is 33.5 Å². The summed E-state index contributed by atoms with van der Waals surface area (Å²) in [6.45, 7) is 12.1. The first kappa shape index (κ1) is 27.0. The van der Waals surface area contributed by atoms with Gasteiger partial charge < -0.3 is 20.0 Å². The zero-order valence-corrected chi connectivity index (χ0v) is 24.0. The van der Waals surface area contributed by atoms with Crippen LogP contribution < -0.4 is 20.0 Å². The fourth-order valence-corrected chi connectivity index (χ4v) is 6.39. The molecule has 2 aliphatic rings. The van der Waals surface area contributed by atoms with E-state index in [1.807, 2.05) is 49.4 Å². The molecule has 0 bridgehead atoms. The molecule has 2 amide bonds. The summed E-state index contributed by atoms with van der Waals surface area (Å²) in [7, 11) is 1.77. The predicted molar refractivity (Wildman–Crippen MR) is 161 cm³/mol. The average molecular weight is 542 g/mol. The van der Waals surface area contributed by atoms with Crippen molar-refractivity contribution in [1.82, 2.24) is 5.32 Å². The van der Waals surface area contributed by atoms with Gasteiger partial charge in [-0.25, -0.2) is 0 Å². The van der Waals surface area contributed by atoms with Gasteiger partial charge in [-0.15, -0.1) is 0 Å². The molecule has 2 aliphatic heterocycles. The molecule has 202 valence electrons. The third-order valence-corrected chi connectivity index (χ3v) is 8.89. The monoisotopic (exact) mass is 541 g/mol. The van der Waals surface area contributed by atoms with E-state index in [-0.39, 0.29) is 11.8 Å². The Labute approximate surface area is 235 Å². The summed E-state index contributed by atoms with van der Waals surface area (Å²) < 4.78 is 0.